The van der Waals surface area contributed by atoms with Crippen LogP contribution in [0.1, 0.15) is 45.2 Å². The molecule has 0 N–H and O–H groups in total. The van der Waals surface area contributed by atoms with Gasteiger partial charge in [0.1, 0.15) is 5.75 Å². The monoisotopic (exact) mass is 578 g/mol. The number of rotatable bonds is 8. The topological polar surface area (TPSA) is 84.9 Å². The molecule has 1 atom stereocenters. The van der Waals surface area contributed by atoms with E-state index < -0.39 is 38.7 Å². The molecule has 0 saturated carbocycles. The van der Waals surface area contributed by atoms with Gasteiger partial charge < -0.3 is 18.8 Å². The van der Waals surface area contributed by atoms with E-state index in [4.69, 9.17) is 14.2 Å². The first-order valence-electron chi connectivity index (χ1n) is 12.5. The second kappa shape index (κ2) is 11.2. The van der Waals surface area contributed by atoms with Crippen LogP contribution in [0.15, 0.2) is 87.5 Å². The first-order chi connectivity index (χ1) is 18.2. The molecule has 0 aromatic heterocycles. The van der Waals surface area contributed by atoms with Crippen molar-refractivity contribution in [3.05, 3.63) is 83.9 Å². The summed E-state index contributed by atoms with van der Waals surface area (Å²) in [5.74, 6) is -0.772. The van der Waals surface area contributed by atoms with E-state index in [-0.39, 0.29) is 11.2 Å². The van der Waals surface area contributed by atoms with Crippen LogP contribution < -0.4 is 4.74 Å². The van der Waals surface area contributed by atoms with Gasteiger partial charge in [0.25, 0.3) is 0 Å². The molecule has 1 unspecified atom stereocenters. The quantitative estimate of drug-likeness (QED) is 0.234. The molecule has 1 saturated heterocycles. The number of benzene rings is 3. The molecule has 39 heavy (non-hydrogen) atoms. The lowest BCUT2D eigenvalue weighted by molar-refractivity contribution is -0.264. The van der Waals surface area contributed by atoms with E-state index in [1.54, 1.807) is 12.1 Å². The molecular weight excluding hydrogens is 546 g/mol. The summed E-state index contributed by atoms with van der Waals surface area (Å²) in [6, 6.07) is 22.9. The lowest BCUT2D eigenvalue weighted by Gasteiger charge is -2.34. The van der Waals surface area contributed by atoms with E-state index >= 15 is 0 Å². The van der Waals surface area contributed by atoms with Crippen molar-refractivity contribution in [1.29, 1.82) is 0 Å². The Labute approximate surface area is 231 Å². The molecule has 0 amide bonds. The van der Waals surface area contributed by atoms with Crippen LogP contribution >= 0.6 is 0 Å². The summed E-state index contributed by atoms with van der Waals surface area (Å²) >= 11 is 0. The van der Waals surface area contributed by atoms with Crippen LogP contribution in [0, 0.1) is 0 Å². The van der Waals surface area contributed by atoms with Crippen LogP contribution in [0.5, 0.6) is 5.75 Å². The summed E-state index contributed by atoms with van der Waals surface area (Å²) in [6.45, 7) is 8.06. The number of hydrogen-bond acceptors (Lipinski definition) is 6. The largest absolute Gasteiger partial charge is 0.743 e. The number of hydrogen-bond donors (Lipinski definition) is 0. The average molecular weight is 579 g/mol. The summed E-state index contributed by atoms with van der Waals surface area (Å²) in [4.78, 5) is 2.99. The van der Waals surface area contributed by atoms with Crippen LogP contribution in [-0.4, -0.2) is 38.0 Å². The van der Waals surface area contributed by atoms with Gasteiger partial charge in [-0.25, -0.2) is 8.42 Å². The first kappa shape index (κ1) is 29.5. The Kier molecular flexibility index (Phi) is 8.45. The number of alkyl halides is 2. The molecule has 1 aliphatic heterocycles. The Morgan fingerprint density at radius 1 is 0.872 bits per heavy atom. The first-order valence-corrected chi connectivity index (χ1v) is 15.1. The molecule has 3 aromatic rings. The molecule has 0 aliphatic carbocycles. The minimum atomic E-state index is -5.82. The molecular formula is C29H32F2O6S2. The van der Waals surface area contributed by atoms with Crippen LogP contribution in [-0.2, 0) is 41.7 Å². The van der Waals surface area contributed by atoms with Crippen LogP contribution in [0.2, 0.25) is 0 Å². The zero-order valence-corrected chi connectivity index (χ0v) is 23.9. The fourth-order valence-corrected chi connectivity index (χ4v) is 6.35. The van der Waals surface area contributed by atoms with E-state index in [9.17, 15) is 21.8 Å². The van der Waals surface area contributed by atoms with Gasteiger partial charge in [-0.15, -0.1) is 0 Å². The highest BCUT2D eigenvalue weighted by atomic mass is 32.2. The van der Waals surface area contributed by atoms with Crippen molar-refractivity contribution in [3.63, 3.8) is 0 Å². The second-order valence-electron chi connectivity index (χ2n) is 10.5. The van der Waals surface area contributed by atoms with Gasteiger partial charge in [0, 0.05) is 5.56 Å². The van der Waals surface area contributed by atoms with Crippen molar-refractivity contribution in [2.75, 3.05) is 19.8 Å². The zero-order chi connectivity index (χ0) is 28.5. The van der Waals surface area contributed by atoms with Gasteiger partial charge in [0.2, 0.25) is 0 Å². The van der Waals surface area contributed by atoms with Crippen molar-refractivity contribution < 1.29 is 36.0 Å². The lowest BCUT2D eigenvalue weighted by Crippen LogP contribution is -2.35. The third kappa shape index (κ3) is 6.81. The maximum absolute atomic E-state index is 13.5. The fraction of sp³-hybridized carbons (Fsp3) is 0.379. The normalized spacial score (nSPS) is 17.0. The molecule has 1 heterocycles. The third-order valence-corrected chi connectivity index (χ3v) is 9.53. The SMILES string of the molecule is CC(C)(C)c1ccc([S+](c2ccc(OCC(F)(F)S(=O)(=O)[O-])cc2)c2ccc(C3(C)OCCCO3)cc2)cc1. The Balaban J connectivity index is 1.65. The van der Waals surface area contributed by atoms with Gasteiger partial charge in [0.15, 0.2) is 37.2 Å². The minimum absolute atomic E-state index is 0.00710. The Bertz CT molecular complexity index is 1360. The van der Waals surface area contributed by atoms with E-state index in [0.717, 1.165) is 26.7 Å². The number of ether oxygens (including phenoxy) is 3. The van der Waals surface area contributed by atoms with Gasteiger partial charge in [-0.3, -0.25) is 0 Å². The molecule has 1 fully saturated rings. The average Bonchev–Trinajstić information content (AvgIpc) is 2.88. The van der Waals surface area contributed by atoms with Crippen molar-refractivity contribution in [2.24, 2.45) is 0 Å². The summed E-state index contributed by atoms with van der Waals surface area (Å²) in [6.07, 6.45) is 0.853. The lowest BCUT2D eigenvalue weighted by atomic mass is 9.87. The van der Waals surface area contributed by atoms with Crippen molar-refractivity contribution in [2.45, 2.75) is 65.3 Å². The van der Waals surface area contributed by atoms with Crippen molar-refractivity contribution in [3.8, 4) is 5.75 Å². The maximum Gasteiger partial charge on any atom is 0.367 e. The molecule has 4 rings (SSSR count). The van der Waals surface area contributed by atoms with Gasteiger partial charge in [-0.1, -0.05) is 32.9 Å². The number of halogens is 2. The molecule has 0 radical (unpaired) electrons. The smallest absolute Gasteiger partial charge is 0.367 e. The maximum atomic E-state index is 13.5. The van der Waals surface area contributed by atoms with E-state index in [0.29, 0.717) is 13.2 Å². The highest BCUT2D eigenvalue weighted by Gasteiger charge is 2.39. The third-order valence-electron chi connectivity index (χ3n) is 6.45. The molecule has 10 heteroatoms. The summed E-state index contributed by atoms with van der Waals surface area (Å²) in [7, 11) is -6.37. The fourth-order valence-electron chi connectivity index (χ4n) is 4.11. The predicted octanol–water partition coefficient (Wildman–Crippen LogP) is 6.21. The van der Waals surface area contributed by atoms with Crippen molar-refractivity contribution in [1.82, 2.24) is 0 Å². The Morgan fingerprint density at radius 3 is 1.79 bits per heavy atom. The summed E-state index contributed by atoms with van der Waals surface area (Å²) in [5.41, 5.74) is 2.10. The molecule has 6 nitrogen and oxygen atoms in total. The standard InChI is InChI=1S/C29H32F2O6S2/c1-27(2,3)21-6-12-24(13-7-21)38(25-14-8-22(9-15-25)28(4)36-18-5-19-37-28)26-16-10-23(11-17-26)35-20-29(30,31)39(32,33)34/h6-17H,5,18-20H2,1-4H3. The van der Waals surface area contributed by atoms with Crippen LogP contribution in [0.4, 0.5) is 8.78 Å². The van der Waals surface area contributed by atoms with Gasteiger partial charge >= 0.3 is 5.25 Å². The van der Waals surface area contributed by atoms with Gasteiger partial charge in [-0.05, 0) is 85.0 Å². The van der Waals surface area contributed by atoms with Crippen LogP contribution in [0.25, 0.3) is 0 Å². The van der Waals surface area contributed by atoms with E-state index in [2.05, 4.69) is 45.0 Å². The molecule has 0 spiro atoms. The predicted molar refractivity (Wildman–Crippen MR) is 144 cm³/mol. The van der Waals surface area contributed by atoms with E-state index in [1.807, 2.05) is 31.2 Å². The molecule has 3 aromatic carbocycles. The molecule has 0 bridgehead atoms. The Morgan fingerprint density at radius 2 is 1.33 bits per heavy atom. The van der Waals surface area contributed by atoms with Crippen LogP contribution in [0.3, 0.4) is 0 Å². The molecule has 1 aliphatic rings. The van der Waals surface area contributed by atoms with Gasteiger partial charge in [0.05, 0.1) is 24.1 Å². The summed E-state index contributed by atoms with van der Waals surface area (Å²) < 4.78 is 76.1. The molecule has 210 valence electrons. The summed E-state index contributed by atoms with van der Waals surface area (Å²) in [5, 5.41) is -4.52. The Hall–Kier alpha value is -2.50. The van der Waals surface area contributed by atoms with E-state index in [1.165, 1.54) is 17.7 Å². The highest BCUT2D eigenvalue weighted by Crippen LogP contribution is 2.36. The zero-order valence-electron chi connectivity index (χ0n) is 22.3. The van der Waals surface area contributed by atoms with Crippen molar-refractivity contribution >= 4 is 21.0 Å². The second-order valence-corrected chi connectivity index (χ2v) is 14.0. The minimum Gasteiger partial charge on any atom is -0.743 e. The highest BCUT2D eigenvalue weighted by molar-refractivity contribution is 7.97. The van der Waals surface area contributed by atoms with Gasteiger partial charge in [-0.2, -0.15) is 8.78 Å².